The number of aromatic amines is 1. The molecule has 1 aliphatic heterocycles. The van der Waals surface area contributed by atoms with Crippen molar-refractivity contribution in [2.24, 2.45) is 0 Å². The molecule has 0 fully saturated rings. The van der Waals surface area contributed by atoms with Crippen LogP contribution in [0.15, 0.2) is 35.0 Å². The molecule has 10 heteroatoms. The van der Waals surface area contributed by atoms with Crippen LogP contribution < -0.4 is 4.90 Å². The Hall–Kier alpha value is -3.24. The van der Waals surface area contributed by atoms with Crippen molar-refractivity contribution in [2.75, 3.05) is 27.0 Å². The quantitative estimate of drug-likeness (QED) is 0.450. The van der Waals surface area contributed by atoms with E-state index in [1.165, 1.54) is 24.5 Å². The van der Waals surface area contributed by atoms with Crippen LogP contribution >= 0.6 is 0 Å². The van der Waals surface area contributed by atoms with Gasteiger partial charge < -0.3 is 20.1 Å². The number of H-pyrrole nitrogens is 1. The van der Waals surface area contributed by atoms with Gasteiger partial charge >= 0.3 is 5.97 Å². The summed E-state index contributed by atoms with van der Waals surface area (Å²) in [7, 11) is 2.13. The molecule has 2 unspecified atom stereocenters. The fraction of sp³-hybridized carbons (Fsp3) is 0.211. The highest BCUT2D eigenvalue weighted by atomic mass is 32.2. The van der Waals surface area contributed by atoms with E-state index < -0.39 is 22.6 Å². The third-order valence-corrected chi connectivity index (χ3v) is 6.03. The van der Waals surface area contributed by atoms with Crippen LogP contribution in [0.5, 0.6) is 5.75 Å². The van der Waals surface area contributed by atoms with Gasteiger partial charge in [0.25, 0.3) is 5.78 Å². The summed E-state index contributed by atoms with van der Waals surface area (Å²) in [6.07, 6.45) is 1.50. The summed E-state index contributed by atoms with van der Waals surface area (Å²) in [5.41, 5.74) is 0.966. The number of nitrogens with zero attached hydrogens (tertiary/aromatic N) is 2. The van der Waals surface area contributed by atoms with E-state index in [1.54, 1.807) is 25.1 Å². The van der Waals surface area contributed by atoms with Crippen molar-refractivity contribution in [2.45, 2.75) is 0 Å². The van der Waals surface area contributed by atoms with Gasteiger partial charge in [0.1, 0.15) is 17.1 Å². The number of quaternary nitrogens is 1. The molecule has 1 aliphatic rings. The number of rotatable bonds is 4. The van der Waals surface area contributed by atoms with Crippen LogP contribution in [0.25, 0.3) is 21.8 Å². The fourth-order valence-electron chi connectivity index (χ4n) is 3.81. The van der Waals surface area contributed by atoms with E-state index in [4.69, 9.17) is 0 Å². The fourth-order valence-corrected chi connectivity index (χ4v) is 4.87. The Morgan fingerprint density at radius 2 is 2.00 bits per heavy atom. The van der Waals surface area contributed by atoms with Crippen molar-refractivity contribution in [3.05, 3.63) is 46.4 Å². The van der Waals surface area contributed by atoms with Crippen LogP contribution in [0.3, 0.4) is 0 Å². The summed E-state index contributed by atoms with van der Waals surface area (Å²) in [5.74, 6) is -1.73. The average Bonchev–Trinajstić information content (AvgIpc) is 3.16. The number of hydrogen-bond donors (Lipinski definition) is 4. The first-order valence-corrected chi connectivity index (χ1v) is 10.3. The lowest BCUT2D eigenvalue weighted by Crippen LogP contribution is -3.07. The number of allylic oxidation sites excluding steroid dienone is 1. The summed E-state index contributed by atoms with van der Waals surface area (Å²) in [6, 6.07) is 6.01. The smallest absolute Gasteiger partial charge is 0.354 e. The van der Waals surface area contributed by atoms with Gasteiger partial charge in [-0.1, -0.05) is 0 Å². The van der Waals surface area contributed by atoms with Gasteiger partial charge in [0, 0.05) is 29.6 Å². The first-order valence-electron chi connectivity index (χ1n) is 8.74. The number of benzene rings is 1. The first-order chi connectivity index (χ1) is 13.7. The molecule has 0 bridgehead atoms. The number of phenols is 1. The number of pyridine rings is 1. The molecular weight excluding hydrogens is 396 g/mol. The molecule has 0 radical (unpaired) electrons. The van der Waals surface area contributed by atoms with Crippen LogP contribution in [0.2, 0.25) is 0 Å². The molecule has 2 aromatic heterocycles. The van der Waals surface area contributed by atoms with Crippen molar-refractivity contribution in [1.29, 1.82) is 0 Å². The standard InChI is InChI=1S/C19H18N4O5S/c1-22-8-23(2)18(29(3)28)16(22)17(25)15-14-11(7-13(21-15)19(26)27)10-6-9(24)4-5-12(10)20-14/h4-7,20,24H,8H2,1-3H3,(H,26,27)/p+1. The molecule has 0 amide bonds. The van der Waals surface area contributed by atoms with E-state index in [1.807, 2.05) is 0 Å². The van der Waals surface area contributed by atoms with Crippen LogP contribution in [-0.2, 0) is 10.8 Å². The summed E-state index contributed by atoms with van der Waals surface area (Å²) in [4.78, 5) is 34.8. The maximum Gasteiger partial charge on any atom is 0.354 e. The van der Waals surface area contributed by atoms with E-state index in [-0.39, 0.29) is 17.1 Å². The Kier molecular flexibility index (Phi) is 4.39. The second kappa shape index (κ2) is 6.68. The maximum absolute atomic E-state index is 13.5. The van der Waals surface area contributed by atoms with Crippen molar-refractivity contribution >= 4 is 44.4 Å². The van der Waals surface area contributed by atoms with Crippen LogP contribution in [0.4, 0.5) is 0 Å². The molecule has 0 aliphatic carbocycles. The zero-order valence-corrected chi connectivity index (χ0v) is 16.8. The number of aromatic nitrogens is 2. The van der Waals surface area contributed by atoms with Gasteiger partial charge in [0.2, 0.25) is 5.70 Å². The van der Waals surface area contributed by atoms with Crippen LogP contribution in [0, 0.1) is 0 Å². The van der Waals surface area contributed by atoms with E-state index in [2.05, 4.69) is 9.97 Å². The summed E-state index contributed by atoms with van der Waals surface area (Å²) < 4.78 is 12.3. The maximum atomic E-state index is 13.5. The topological polar surface area (TPSA) is 128 Å². The number of carboxylic acids is 1. The molecule has 0 saturated heterocycles. The number of likely N-dealkylation sites (N-methyl/N-ethyl adjacent to an activating group) is 1. The number of ketones is 1. The predicted octanol–water partition coefficient (Wildman–Crippen LogP) is 0.268. The summed E-state index contributed by atoms with van der Waals surface area (Å²) >= 11 is 0. The molecule has 0 saturated carbocycles. The van der Waals surface area contributed by atoms with Crippen LogP contribution in [-0.4, -0.2) is 68.1 Å². The highest BCUT2D eigenvalue weighted by Crippen LogP contribution is 2.31. The second-order valence-electron chi connectivity index (χ2n) is 7.04. The lowest BCUT2D eigenvalue weighted by atomic mass is 10.1. The number of aromatic hydroxyl groups is 1. The van der Waals surface area contributed by atoms with E-state index in [9.17, 15) is 24.0 Å². The normalized spacial score (nSPS) is 18.0. The predicted molar refractivity (Wildman–Crippen MR) is 107 cm³/mol. The van der Waals surface area contributed by atoms with Crippen molar-refractivity contribution in [3.8, 4) is 5.75 Å². The number of hydrogen-bond acceptors (Lipinski definition) is 6. The van der Waals surface area contributed by atoms with Gasteiger partial charge in [-0.15, -0.1) is 0 Å². The number of carboxylic acid groups (broad SMARTS) is 1. The molecule has 2 atom stereocenters. The molecular formula is C19H19N4O5S+. The Morgan fingerprint density at radius 1 is 1.28 bits per heavy atom. The molecule has 4 rings (SSSR count). The second-order valence-corrected chi connectivity index (χ2v) is 8.33. The average molecular weight is 415 g/mol. The Balaban J connectivity index is 2.05. The number of carbonyl (C=O) groups is 2. The number of fused-ring (bicyclic) bond motifs is 3. The molecule has 4 N–H and O–H groups in total. The minimum atomic E-state index is -1.41. The monoisotopic (exact) mass is 415 g/mol. The molecule has 150 valence electrons. The lowest BCUT2D eigenvalue weighted by molar-refractivity contribution is -0.835. The summed E-state index contributed by atoms with van der Waals surface area (Å²) in [5, 5.41) is 20.8. The Labute approximate surface area is 167 Å². The first kappa shape index (κ1) is 19.1. The van der Waals surface area contributed by atoms with Gasteiger partial charge in [-0.25, -0.2) is 9.78 Å². The van der Waals surface area contributed by atoms with Gasteiger partial charge in [-0.3, -0.25) is 13.9 Å². The van der Waals surface area contributed by atoms with Crippen molar-refractivity contribution in [1.82, 2.24) is 14.9 Å². The van der Waals surface area contributed by atoms with Crippen LogP contribution in [0.1, 0.15) is 21.0 Å². The van der Waals surface area contributed by atoms with E-state index >= 15 is 0 Å². The highest BCUT2D eigenvalue weighted by molar-refractivity contribution is 7.88. The number of aromatic carboxylic acids is 1. The molecule has 29 heavy (non-hydrogen) atoms. The van der Waals surface area contributed by atoms with E-state index in [0.717, 1.165) is 4.90 Å². The molecule has 9 nitrogen and oxygen atoms in total. The van der Waals surface area contributed by atoms with Crippen molar-refractivity contribution in [3.63, 3.8) is 0 Å². The summed E-state index contributed by atoms with van der Waals surface area (Å²) in [6.45, 7) is 0.457. The third kappa shape index (κ3) is 2.97. The van der Waals surface area contributed by atoms with Gasteiger partial charge in [0.05, 0.1) is 23.4 Å². The zero-order chi connectivity index (χ0) is 21.0. The highest BCUT2D eigenvalue weighted by Gasteiger charge is 2.38. The van der Waals surface area contributed by atoms with Gasteiger partial charge in [-0.05, 0) is 24.3 Å². The number of Topliss-reactive ketones (excluding diaryl/α,β-unsaturated/α-hetero) is 1. The molecule has 0 spiro atoms. The van der Waals surface area contributed by atoms with Gasteiger partial charge in [0.15, 0.2) is 11.7 Å². The Bertz CT molecular complexity index is 1260. The Morgan fingerprint density at radius 3 is 2.66 bits per heavy atom. The van der Waals surface area contributed by atoms with E-state index in [0.29, 0.717) is 39.2 Å². The van der Waals surface area contributed by atoms with Crippen molar-refractivity contribution < 1.29 is 28.9 Å². The molecule has 3 aromatic rings. The minimum absolute atomic E-state index is 0.0212. The largest absolute Gasteiger partial charge is 0.508 e. The lowest BCUT2D eigenvalue weighted by Gasteiger charge is -2.10. The number of phenolic OH excluding ortho intramolecular Hbond substituents is 1. The minimum Gasteiger partial charge on any atom is -0.508 e. The zero-order valence-electron chi connectivity index (χ0n) is 15.9. The number of carbonyl (C=O) groups excluding carboxylic acids is 1. The number of nitrogens with one attached hydrogen (secondary N) is 2. The molecule has 1 aromatic carbocycles. The molecule has 3 heterocycles. The third-order valence-electron chi connectivity index (χ3n) is 4.97. The van der Waals surface area contributed by atoms with Gasteiger partial charge in [-0.2, -0.15) is 0 Å². The SMILES string of the molecule is CN1C[NH+](C)C(C(=O)c2nc(C(=O)O)cc3c2[nH]c2ccc(O)cc23)=C1S(C)=O.